The van der Waals surface area contributed by atoms with Crippen LogP contribution in [0.15, 0.2) is 17.1 Å². The maximum atomic E-state index is 5.35. The summed E-state index contributed by atoms with van der Waals surface area (Å²) in [6, 6.07) is 4.27. The number of nitrogens with zero attached hydrogens (tertiary/aromatic N) is 1. The van der Waals surface area contributed by atoms with Gasteiger partial charge in [0.25, 0.3) is 0 Å². The van der Waals surface area contributed by atoms with E-state index in [0.29, 0.717) is 0 Å². The van der Waals surface area contributed by atoms with Gasteiger partial charge in [-0.3, -0.25) is 4.99 Å². The molecule has 0 amide bonds. The molecule has 68 valence electrons. The van der Waals surface area contributed by atoms with Crippen molar-refractivity contribution in [2.45, 2.75) is 13.3 Å². The van der Waals surface area contributed by atoms with Crippen LogP contribution in [-0.4, -0.2) is 19.9 Å². The maximum Gasteiger partial charge on any atom is 0.130 e. The molecule has 0 saturated heterocycles. The van der Waals surface area contributed by atoms with Crippen LogP contribution in [0.4, 0.5) is 0 Å². The molecule has 0 saturated carbocycles. The van der Waals surface area contributed by atoms with E-state index in [9.17, 15) is 0 Å². The SMILES string of the molecule is COc1c(C)ccc2c1C=NCC2. The molecule has 1 aliphatic rings. The first-order valence-corrected chi connectivity index (χ1v) is 4.49. The lowest BCUT2D eigenvalue weighted by Gasteiger charge is -2.15. The van der Waals surface area contributed by atoms with Crippen LogP contribution in [0.1, 0.15) is 16.7 Å². The van der Waals surface area contributed by atoms with E-state index in [1.165, 1.54) is 11.1 Å². The van der Waals surface area contributed by atoms with E-state index < -0.39 is 0 Å². The van der Waals surface area contributed by atoms with Crippen molar-refractivity contribution in [3.8, 4) is 5.75 Å². The van der Waals surface area contributed by atoms with Gasteiger partial charge in [-0.15, -0.1) is 0 Å². The maximum absolute atomic E-state index is 5.35. The second-order valence-corrected chi connectivity index (χ2v) is 3.27. The number of hydrogen-bond acceptors (Lipinski definition) is 2. The molecule has 2 nitrogen and oxygen atoms in total. The minimum absolute atomic E-state index is 0.902. The number of aryl methyl sites for hydroxylation is 1. The van der Waals surface area contributed by atoms with Crippen LogP contribution in [0.25, 0.3) is 0 Å². The number of methoxy groups -OCH3 is 1. The van der Waals surface area contributed by atoms with E-state index in [-0.39, 0.29) is 0 Å². The molecule has 0 atom stereocenters. The molecule has 0 spiro atoms. The topological polar surface area (TPSA) is 21.6 Å². The van der Waals surface area contributed by atoms with Gasteiger partial charge in [-0.25, -0.2) is 0 Å². The first-order valence-electron chi connectivity index (χ1n) is 4.49. The first-order chi connectivity index (χ1) is 6.33. The zero-order chi connectivity index (χ0) is 9.26. The Balaban J connectivity index is 2.61. The van der Waals surface area contributed by atoms with Gasteiger partial charge in [0.15, 0.2) is 0 Å². The van der Waals surface area contributed by atoms with Crippen molar-refractivity contribution < 1.29 is 4.74 Å². The largest absolute Gasteiger partial charge is 0.496 e. The lowest BCUT2D eigenvalue weighted by atomic mass is 9.99. The highest BCUT2D eigenvalue weighted by Gasteiger charge is 2.12. The Kier molecular flexibility index (Phi) is 2.05. The summed E-state index contributed by atoms with van der Waals surface area (Å²) in [5.41, 5.74) is 3.68. The average Bonchev–Trinajstić information content (AvgIpc) is 2.18. The lowest BCUT2D eigenvalue weighted by Crippen LogP contribution is -2.05. The molecule has 0 N–H and O–H groups in total. The summed E-state index contributed by atoms with van der Waals surface area (Å²) in [4.78, 5) is 4.26. The monoisotopic (exact) mass is 175 g/mol. The molecule has 0 aliphatic carbocycles. The second kappa shape index (κ2) is 3.21. The summed E-state index contributed by atoms with van der Waals surface area (Å²) in [6.07, 6.45) is 2.95. The molecule has 0 fully saturated rings. The van der Waals surface area contributed by atoms with E-state index in [1.807, 2.05) is 6.21 Å². The molecule has 1 aliphatic heterocycles. The van der Waals surface area contributed by atoms with Gasteiger partial charge >= 0.3 is 0 Å². The van der Waals surface area contributed by atoms with Crippen LogP contribution >= 0.6 is 0 Å². The molecule has 0 radical (unpaired) electrons. The Labute approximate surface area is 78.3 Å². The van der Waals surface area contributed by atoms with E-state index in [2.05, 4.69) is 24.0 Å². The Morgan fingerprint density at radius 3 is 3.00 bits per heavy atom. The minimum Gasteiger partial charge on any atom is -0.496 e. The smallest absolute Gasteiger partial charge is 0.130 e. The molecule has 2 rings (SSSR count). The van der Waals surface area contributed by atoms with Crippen LogP contribution in [0.3, 0.4) is 0 Å². The van der Waals surface area contributed by atoms with Crippen molar-refractivity contribution >= 4 is 6.21 Å². The van der Waals surface area contributed by atoms with Crippen molar-refractivity contribution in [3.05, 3.63) is 28.8 Å². The number of hydrogen-bond donors (Lipinski definition) is 0. The summed E-state index contributed by atoms with van der Waals surface area (Å²) < 4.78 is 5.35. The van der Waals surface area contributed by atoms with Gasteiger partial charge in [-0.2, -0.15) is 0 Å². The van der Waals surface area contributed by atoms with E-state index in [1.54, 1.807) is 7.11 Å². The number of fused-ring (bicyclic) bond motifs is 1. The first kappa shape index (κ1) is 8.30. The van der Waals surface area contributed by atoms with Crippen LogP contribution < -0.4 is 4.74 Å². The molecule has 1 heterocycles. The highest BCUT2D eigenvalue weighted by Crippen LogP contribution is 2.27. The van der Waals surface area contributed by atoms with Gasteiger partial charge in [0.1, 0.15) is 5.75 Å². The Morgan fingerprint density at radius 1 is 1.38 bits per heavy atom. The highest BCUT2D eigenvalue weighted by molar-refractivity contribution is 5.87. The fourth-order valence-corrected chi connectivity index (χ4v) is 1.72. The molecule has 0 bridgehead atoms. The molecule has 0 unspecified atom stereocenters. The fourth-order valence-electron chi connectivity index (χ4n) is 1.72. The predicted octanol–water partition coefficient (Wildman–Crippen LogP) is 1.98. The molecule has 1 aromatic carbocycles. The molecular weight excluding hydrogens is 162 g/mol. The normalized spacial score (nSPS) is 14.0. The van der Waals surface area contributed by atoms with Gasteiger partial charge in [-0.05, 0) is 24.5 Å². The standard InChI is InChI=1S/C11H13NO/c1-8-3-4-9-5-6-12-7-10(9)11(8)13-2/h3-4,7H,5-6H2,1-2H3. The summed E-state index contributed by atoms with van der Waals surface area (Å²) in [6.45, 7) is 2.96. The predicted molar refractivity (Wildman–Crippen MR) is 53.9 cm³/mol. The van der Waals surface area contributed by atoms with Crippen molar-refractivity contribution in [1.29, 1.82) is 0 Å². The zero-order valence-corrected chi connectivity index (χ0v) is 8.00. The third kappa shape index (κ3) is 1.32. The Bertz CT molecular complexity index is 355. The summed E-state index contributed by atoms with van der Waals surface area (Å²) >= 11 is 0. The third-order valence-electron chi connectivity index (χ3n) is 2.42. The van der Waals surface area contributed by atoms with Crippen molar-refractivity contribution in [2.24, 2.45) is 4.99 Å². The molecular formula is C11H13NO. The average molecular weight is 175 g/mol. The number of aliphatic imine (C=N–C) groups is 1. The number of benzene rings is 1. The number of rotatable bonds is 1. The molecule has 1 aromatic rings. The molecule has 2 heteroatoms. The van der Waals surface area contributed by atoms with Crippen LogP contribution in [0.2, 0.25) is 0 Å². The van der Waals surface area contributed by atoms with Gasteiger partial charge in [0, 0.05) is 18.3 Å². The van der Waals surface area contributed by atoms with Gasteiger partial charge in [-0.1, -0.05) is 12.1 Å². The zero-order valence-electron chi connectivity index (χ0n) is 8.00. The van der Waals surface area contributed by atoms with Crippen molar-refractivity contribution in [3.63, 3.8) is 0 Å². The molecule has 0 aromatic heterocycles. The molecule has 13 heavy (non-hydrogen) atoms. The van der Waals surface area contributed by atoms with Gasteiger partial charge < -0.3 is 4.74 Å². The Hall–Kier alpha value is -1.31. The van der Waals surface area contributed by atoms with E-state index in [4.69, 9.17) is 4.74 Å². The summed E-state index contributed by atoms with van der Waals surface area (Å²) in [5, 5.41) is 0. The van der Waals surface area contributed by atoms with E-state index >= 15 is 0 Å². The second-order valence-electron chi connectivity index (χ2n) is 3.27. The lowest BCUT2D eigenvalue weighted by molar-refractivity contribution is 0.410. The Morgan fingerprint density at radius 2 is 2.23 bits per heavy atom. The summed E-state index contributed by atoms with van der Waals surface area (Å²) in [7, 11) is 1.71. The van der Waals surface area contributed by atoms with Gasteiger partial charge in [0.2, 0.25) is 0 Å². The van der Waals surface area contributed by atoms with E-state index in [0.717, 1.165) is 24.3 Å². The third-order valence-corrected chi connectivity index (χ3v) is 2.42. The number of ether oxygens (including phenoxy) is 1. The van der Waals surface area contributed by atoms with Crippen LogP contribution in [0, 0.1) is 6.92 Å². The van der Waals surface area contributed by atoms with Crippen LogP contribution in [-0.2, 0) is 6.42 Å². The van der Waals surface area contributed by atoms with Crippen molar-refractivity contribution in [2.75, 3.05) is 13.7 Å². The van der Waals surface area contributed by atoms with Crippen LogP contribution in [0.5, 0.6) is 5.75 Å². The summed E-state index contributed by atoms with van der Waals surface area (Å²) in [5.74, 6) is 0.973. The van der Waals surface area contributed by atoms with Gasteiger partial charge in [0.05, 0.1) is 7.11 Å². The minimum atomic E-state index is 0.902. The quantitative estimate of drug-likeness (QED) is 0.639. The van der Waals surface area contributed by atoms with Crippen molar-refractivity contribution in [1.82, 2.24) is 0 Å². The highest BCUT2D eigenvalue weighted by atomic mass is 16.5. The fraction of sp³-hybridized carbons (Fsp3) is 0.364.